The Bertz CT molecular complexity index is 692. The molecule has 0 aromatic heterocycles. The van der Waals surface area contributed by atoms with Crippen LogP contribution in [0.5, 0.6) is 11.5 Å². The van der Waals surface area contributed by atoms with E-state index in [1.807, 2.05) is 13.0 Å². The first-order valence-corrected chi connectivity index (χ1v) is 8.53. The van der Waals surface area contributed by atoms with Crippen LogP contribution in [0, 0.1) is 5.82 Å². The third kappa shape index (κ3) is 5.33. The van der Waals surface area contributed by atoms with Crippen LogP contribution in [0.15, 0.2) is 36.4 Å². The van der Waals surface area contributed by atoms with Crippen LogP contribution in [0.25, 0.3) is 0 Å². The highest BCUT2D eigenvalue weighted by atomic mass is 35.5. The number of halogens is 2. The van der Waals surface area contributed by atoms with E-state index >= 15 is 0 Å². The monoisotopic (exact) mass is 367 g/mol. The van der Waals surface area contributed by atoms with E-state index in [-0.39, 0.29) is 25.1 Å². The van der Waals surface area contributed by atoms with Gasteiger partial charge in [-0.15, -0.1) is 0 Å². The van der Waals surface area contributed by atoms with Gasteiger partial charge in [-0.25, -0.2) is 4.39 Å². The molecule has 1 unspecified atom stereocenters. The quantitative estimate of drug-likeness (QED) is 0.705. The van der Waals surface area contributed by atoms with Gasteiger partial charge in [0.2, 0.25) is 0 Å². The summed E-state index contributed by atoms with van der Waals surface area (Å²) in [5.74, 6) is 0.538. The van der Waals surface area contributed by atoms with Gasteiger partial charge in [-0.3, -0.25) is 0 Å². The molecule has 4 nitrogen and oxygen atoms in total. The molecule has 136 valence electrons. The lowest BCUT2D eigenvalue weighted by atomic mass is 10.1. The molecule has 1 atom stereocenters. The van der Waals surface area contributed by atoms with Crippen molar-refractivity contribution >= 4 is 11.6 Å². The van der Waals surface area contributed by atoms with Gasteiger partial charge in [0.05, 0.1) is 18.7 Å². The molecule has 0 aliphatic rings. The Hall–Kier alpha value is -1.82. The Kier molecular flexibility index (Phi) is 7.50. The number of rotatable bonds is 9. The topological polar surface area (TPSA) is 50.7 Å². The van der Waals surface area contributed by atoms with Crippen LogP contribution in [-0.2, 0) is 13.2 Å². The van der Waals surface area contributed by atoms with Gasteiger partial charge in [0.15, 0.2) is 11.5 Å². The van der Waals surface area contributed by atoms with Crippen LogP contribution in [-0.4, -0.2) is 24.9 Å². The summed E-state index contributed by atoms with van der Waals surface area (Å²) in [5.41, 5.74) is 1.35. The number of aliphatic hydroxyl groups is 1. The van der Waals surface area contributed by atoms with E-state index in [0.29, 0.717) is 28.6 Å². The standard InChI is InChI=1S/C19H23ClFNO3/c1-3-15(11-23)22-10-13-8-16(20)19(18(9-13)24-2)25-12-14-6-4-5-7-17(14)21/h4-9,15,22-23H,3,10-12H2,1-2H3. The van der Waals surface area contributed by atoms with Gasteiger partial charge < -0.3 is 19.9 Å². The van der Waals surface area contributed by atoms with Crippen molar-refractivity contribution in [2.24, 2.45) is 0 Å². The lowest BCUT2D eigenvalue weighted by Crippen LogP contribution is -2.31. The average molecular weight is 368 g/mol. The van der Waals surface area contributed by atoms with Gasteiger partial charge in [0.25, 0.3) is 0 Å². The van der Waals surface area contributed by atoms with E-state index in [4.69, 9.17) is 21.1 Å². The van der Waals surface area contributed by atoms with Gasteiger partial charge in [-0.2, -0.15) is 0 Å². The fourth-order valence-corrected chi connectivity index (χ4v) is 2.67. The van der Waals surface area contributed by atoms with E-state index < -0.39 is 0 Å². The Labute approximate surface area is 152 Å². The van der Waals surface area contributed by atoms with E-state index in [2.05, 4.69) is 5.32 Å². The van der Waals surface area contributed by atoms with Crippen molar-refractivity contribution in [1.29, 1.82) is 0 Å². The predicted molar refractivity (Wildman–Crippen MR) is 96.7 cm³/mol. The molecule has 6 heteroatoms. The first-order valence-electron chi connectivity index (χ1n) is 8.15. The molecule has 0 saturated carbocycles. The maximum Gasteiger partial charge on any atom is 0.180 e. The molecule has 2 aromatic rings. The number of hydrogen-bond acceptors (Lipinski definition) is 4. The van der Waals surface area contributed by atoms with Crippen LogP contribution < -0.4 is 14.8 Å². The van der Waals surface area contributed by atoms with Crippen molar-refractivity contribution < 1.29 is 19.0 Å². The highest BCUT2D eigenvalue weighted by molar-refractivity contribution is 6.32. The Balaban J connectivity index is 2.12. The molecule has 0 radical (unpaired) electrons. The van der Waals surface area contributed by atoms with E-state index in [9.17, 15) is 9.50 Å². The fourth-order valence-electron chi connectivity index (χ4n) is 2.38. The highest BCUT2D eigenvalue weighted by Gasteiger charge is 2.14. The molecule has 0 heterocycles. The SMILES string of the molecule is CCC(CO)NCc1cc(Cl)c(OCc2ccccc2F)c(OC)c1. The first kappa shape index (κ1) is 19.5. The molecule has 0 amide bonds. The zero-order valence-corrected chi connectivity index (χ0v) is 15.1. The molecular formula is C19H23ClFNO3. The number of hydrogen-bond donors (Lipinski definition) is 2. The molecule has 0 aliphatic heterocycles. The second-order valence-electron chi connectivity index (χ2n) is 5.66. The van der Waals surface area contributed by atoms with Crippen molar-refractivity contribution in [3.8, 4) is 11.5 Å². The number of aliphatic hydroxyl groups excluding tert-OH is 1. The van der Waals surface area contributed by atoms with Crippen molar-refractivity contribution in [1.82, 2.24) is 5.32 Å². The minimum atomic E-state index is -0.326. The van der Waals surface area contributed by atoms with Gasteiger partial charge in [-0.05, 0) is 30.2 Å². The summed E-state index contributed by atoms with van der Waals surface area (Å²) >= 11 is 6.33. The van der Waals surface area contributed by atoms with Gasteiger partial charge in [0.1, 0.15) is 12.4 Å². The zero-order valence-electron chi connectivity index (χ0n) is 14.4. The molecule has 2 aromatic carbocycles. The smallest absolute Gasteiger partial charge is 0.180 e. The second-order valence-corrected chi connectivity index (χ2v) is 6.06. The molecule has 0 bridgehead atoms. The Morgan fingerprint density at radius 2 is 2.04 bits per heavy atom. The second kappa shape index (κ2) is 9.61. The lowest BCUT2D eigenvalue weighted by molar-refractivity contribution is 0.238. The molecule has 0 saturated heterocycles. The van der Waals surface area contributed by atoms with Crippen LogP contribution in [0.3, 0.4) is 0 Å². The maximum atomic E-state index is 13.7. The number of nitrogens with one attached hydrogen (secondary N) is 1. The van der Waals surface area contributed by atoms with Gasteiger partial charge in [0, 0.05) is 18.2 Å². The highest BCUT2D eigenvalue weighted by Crippen LogP contribution is 2.37. The van der Waals surface area contributed by atoms with Crippen molar-refractivity contribution in [2.45, 2.75) is 32.5 Å². The number of ether oxygens (including phenoxy) is 2. The summed E-state index contributed by atoms with van der Waals surface area (Å²) in [6, 6.07) is 10.1. The fraction of sp³-hybridized carbons (Fsp3) is 0.368. The molecule has 0 aliphatic carbocycles. The molecular weight excluding hydrogens is 345 g/mol. The summed E-state index contributed by atoms with van der Waals surface area (Å²) in [7, 11) is 1.53. The summed E-state index contributed by atoms with van der Waals surface area (Å²) in [5, 5.41) is 12.9. The zero-order chi connectivity index (χ0) is 18.2. The van der Waals surface area contributed by atoms with E-state index in [1.54, 1.807) is 24.3 Å². The third-order valence-corrected chi connectivity index (χ3v) is 4.21. The van der Waals surface area contributed by atoms with Gasteiger partial charge in [-0.1, -0.05) is 36.7 Å². The lowest BCUT2D eigenvalue weighted by Gasteiger charge is -2.17. The normalized spacial score (nSPS) is 12.0. The minimum Gasteiger partial charge on any atom is -0.493 e. The first-order chi connectivity index (χ1) is 12.1. The van der Waals surface area contributed by atoms with Crippen LogP contribution in [0.2, 0.25) is 5.02 Å². The van der Waals surface area contributed by atoms with E-state index in [1.165, 1.54) is 13.2 Å². The largest absolute Gasteiger partial charge is 0.493 e. The summed E-state index contributed by atoms with van der Waals surface area (Å²) in [6.45, 7) is 2.68. The van der Waals surface area contributed by atoms with E-state index in [0.717, 1.165) is 12.0 Å². The molecule has 25 heavy (non-hydrogen) atoms. The summed E-state index contributed by atoms with van der Waals surface area (Å²) < 4.78 is 24.8. The average Bonchev–Trinajstić information content (AvgIpc) is 2.62. The Morgan fingerprint density at radius 1 is 1.28 bits per heavy atom. The van der Waals surface area contributed by atoms with Crippen molar-refractivity contribution in [3.63, 3.8) is 0 Å². The van der Waals surface area contributed by atoms with Crippen LogP contribution >= 0.6 is 11.6 Å². The summed E-state index contributed by atoms with van der Waals surface area (Å²) in [4.78, 5) is 0. The molecule has 0 spiro atoms. The van der Waals surface area contributed by atoms with Crippen LogP contribution in [0.1, 0.15) is 24.5 Å². The third-order valence-electron chi connectivity index (χ3n) is 3.93. The Morgan fingerprint density at radius 3 is 2.68 bits per heavy atom. The van der Waals surface area contributed by atoms with Crippen molar-refractivity contribution in [3.05, 3.63) is 58.4 Å². The maximum absolute atomic E-state index is 13.7. The summed E-state index contributed by atoms with van der Waals surface area (Å²) in [6.07, 6.45) is 0.825. The minimum absolute atomic E-state index is 0.0294. The van der Waals surface area contributed by atoms with Gasteiger partial charge >= 0.3 is 0 Å². The molecule has 0 fully saturated rings. The van der Waals surface area contributed by atoms with Crippen molar-refractivity contribution in [2.75, 3.05) is 13.7 Å². The molecule has 2 N–H and O–H groups in total. The predicted octanol–water partition coefficient (Wildman–Crippen LogP) is 3.93. The number of benzene rings is 2. The number of methoxy groups -OCH3 is 1. The molecule has 2 rings (SSSR count). The van der Waals surface area contributed by atoms with Crippen LogP contribution in [0.4, 0.5) is 4.39 Å².